The van der Waals surface area contributed by atoms with Crippen LogP contribution in [0.5, 0.6) is 0 Å². The van der Waals surface area contributed by atoms with E-state index in [4.69, 9.17) is 71.1 Å². The van der Waals surface area contributed by atoms with Crippen molar-refractivity contribution < 1.29 is 101 Å². The predicted molar refractivity (Wildman–Crippen MR) is 274 cm³/mol. The zero-order chi connectivity index (χ0) is 55.9. The Morgan fingerprint density at radius 2 is 1.08 bits per heavy atom. The molecule has 4 N–H and O–H groups in total. The molecule has 2 fully saturated rings. The Bertz CT molecular complexity index is 1460. The molecule has 23 heteroatoms. The number of carbonyl (C=O) groups is 2. The number of rotatable bonds is 43. The fraction of sp³-hybridized carbons (Fsp3) is 0.962. The fourth-order valence-corrected chi connectivity index (χ4v) is 10.3. The molecule has 75 heavy (non-hydrogen) atoms. The highest BCUT2D eigenvalue weighted by Gasteiger charge is 2.50. The van der Waals surface area contributed by atoms with Gasteiger partial charge in [0, 0.05) is 144 Å². The highest BCUT2D eigenvalue weighted by atomic mass is 16.7. The molecule has 17 atom stereocenters. The summed E-state index contributed by atoms with van der Waals surface area (Å²) in [7, 11) is 16.8. The van der Waals surface area contributed by atoms with E-state index in [0.29, 0.717) is 13.1 Å². The van der Waals surface area contributed by atoms with E-state index in [9.17, 15) is 30.0 Å². The number of aliphatic hydroxyl groups excluding tert-OH is 4. The number of nitrogens with zero attached hydrogens (tertiary/aromatic N) is 2. The molecule has 0 aromatic rings. The summed E-state index contributed by atoms with van der Waals surface area (Å²) in [5, 5.41) is 41.2. The molecule has 0 radical (unpaired) electrons. The Kier molecular flexibility index (Phi) is 36.5. The SMILES string of the molecule is COCC1O[C@@H](O[C@H](C(OC)C(CN(CCCCCCCCCCN(C[C@@H](OC)[C@H](OC)[C@H](O[C@H]2OC(CCO)[C@@H](OC)[C@@H](OC)C2OC)C(CCO)OC)C(C)=O)C(C)=O)OC)[C@H](CO)COC)CC(OC)[C@H]1O. The first-order valence-electron chi connectivity index (χ1n) is 26.6. The molecule has 7 unspecified atom stereocenters. The number of methoxy groups -OCH3 is 11. The minimum absolute atomic E-state index is 0.109. The van der Waals surface area contributed by atoms with Gasteiger partial charge in [0.15, 0.2) is 12.6 Å². The van der Waals surface area contributed by atoms with E-state index in [1.165, 1.54) is 63.6 Å². The van der Waals surface area contributed by atoms with Crippen LogP contribution < -0.4 is 0 Å². The van der Waals surface area contributed by atoms with Gasteiger partial charge in [0.05, 0.1) is 44.2 Å². The van der Waals surface area contributed by atoms with Crippen LogP contribution in [0, 0.1) is 5.92 Å². The molecule has 0 aliphatic carbocycles. The summed E-state index contributed by atoms with van der Waals surface area (Å²) in [6.45, 7) is 4.11. The molecule has 0 bridgehead atoms. The number of hydrogen-bond donors (Lipinski definition) is 4. The molecule has 0 spiro atoms. The molecule has 2 heterocycles. The Morgan fingerprint density at radius 1 is 0.560 bits per heavy atom. The van der Waals surface area contributed by atoms with E-state index >= 15 is 0 Å². The molecule has 2 saturated heterocycles. The van der Waals surface area contributed by atoms with E-state index in [1.807, 2.05) is 0 Å². The van der Waals surface area contributed by atoms with Crippen LogP contribution in [0.1, 0.15) is 84.5 Å². The van der Waals surface area contributed by atoms with Gasteiger partial charge in [-0.2, -0.15) is 0 Å². The first-order chi connectivity index (χ1) is 36.2. The quantitative estimate of drug-likeness (QED) is 0.0632. The van der Waals surface area contributed by atoms with Gasteiger partial charge in [0.25, 0.3) is 0 Å². The van der Waals surface area contributed by atoms with Gasteiger partial charge in [-0.15, -0.1) is 0 Å². The Labute approximate surface area is 447 Å². The first kappa shape index (κ1) is 69.3. The summed E-state index contributed by atoms with van der Waals surface area (Å²) in [6, 6.07) is 0. The van der Waals surface area contributed by atoms with Crippen molar-refractivity contribution in [3.05, 3.63) is 0 Å². The smallest absolute Gasteiger partial charge is 0.219 e. The number of hydrogen-bond acceptors (Lipinski definition) is 21. The van der Waals surface area contributed by atoms with Crippen LogP contribution in [-0.4, -0.2) is 277 Å². The monoisotopic (exact) mass is 1090 g/mol. The maximum absolute atomic E-state index is 13.1. The van der Waals surface area contributed by atoms with E-state index in [1.54, 1.807) is 38.2 Å². The van der Waals surface area contributed by atoms with Gasteiger partial charge in [-0.05, 0) is 25.7 Å². The van der Waals surface area contributed by atoms with Crippen molar-refractivity contribution in [1.29, 1.82) is 0 Å². The highest BCUT2D eigenvalue weighted by Crippen LogP contribution is 2.33. The third-order valence-corrected chi connectivity index (χ3v) is 14.6. The maximum atomic E-state index is 13.1. The predicted octanol–water partition coefficient (Wildman–Crippen LogP) is 1.58. The van der Waals surface area contributed by atoms with Crippen LogP contribution in [0.3, 0.4) is 0 Å². The molecule has 2 amide bonds. The van der Waals surface area contributed by atoms with Crippen molar-refractivity contribution >= 4 is 11.8 Å². The average molecular weight is 1090 g/mol. The number of amides is 2. The molecule has 0 aromatic heterocycles. The van der Waals surface area contributed by atoms with E-state index in [-0.39, 0.29) is 77.2 Å². The lowest BCUT2D eigenvalue weighted by atomic mass is 9.94. The summed E-state index contributed by atoms with van der Waals surface area (Å²) in [5.74, 6) is -0.773. The zero-order valence-corrected chi connectivity index (χ0v) is 47.6. The van der Waals surface area contributed by atoms with Crippen LogP contribution in [0.4, 0.5) is 0 Å². The minimum Gasteiger partial charge on any atom is -0.396 e. The van der Waals surface area contributed by atoms with Crippen molar-refractivity contribution in [3.63, 3.8) is 0 Å². The van der Waals surface area contributed by atoms with E-state index < -0.39 is 104 Å². The summed E-state index contributed by atoms with van der Waals surface area (Å²) in [4.78, 5) is 29.6. The van der Waals surface area contributed by atoms with Gasteiger partial charge in [-0.25, -0.2) is 0 Å². The summed E-state index contributed by atoms with van der Waals surface area (Å²) in [5.41, 5.74) is 0. The van der Waals surface area contributed by atoms with Crippen molar-refractivity contribution in [2.75, 3.05) is 137 Å². The van der Waals surface area contributed by atoms with E-state index in [2.05, 4.69) is 0 Å². The second kappa shape index (κ2) is 39.5. The Balaban J connectivity index is 2.01. The topological polar surface area (TPSA) is 260 Å². The molecule has 0 saturated carbocycles. The van der Waals surface area contributed by atoms with Crippen LogP contribution >= 0.6 is 0 Å². The van der Waals surface area contributed by atoms with Crippen molar-refractivity contribution in [1.82, 2.24) is 9.80 Å². The lowest BCUT2D eigenvalue weighted by Crippen LogP contribution is -2.62. The fourth-order valence-electron chi connectivity index (χ4n) is 10.3. The van der Waals surface area contributed by atoms with Crippen LogP contribution in [0.15, 0.2) is 0 Å². The van der Waals surface area contributed by atoms with Gasteiger partial charge in [-0.1, -0.05) is 38.5 Å². The average Bonchev–Trinajstić information content (AvgIpc) is 3.40. The third-order valence-electron chi connectivity index (χ3n) is 14.6. The Hall–Kier alpha value is -1.82. The third kappa shape index (κ3) is 22.0. The number of carbonyl (C=O) groups excluding carboxylic acids is 2. The normalized spacial score (nSPS) is 26.5. The molecular weight excluding hydrogens is 989 g/mol. The summed E-state index contributed by atoms with van der Waals surface area (Å²) >= 11 is 0. The summed E-state index contributed by atoms with van der Waals surface area (Å²) in [6.07, 6.45) is -3.72. The molecule has 2 aliphatic heterocycles. The van der Waals surface area contributed by atoms with Gasteiger partial charge < -0.3 is 101 Å². The number of aliphatic hydroxyl groups is 4. The lowest BCUT2D eigenvalue weighted by Gasteiger charge is -2.47. The van der Waals surface area contributed by atoms with E-state index in [0.717, 1.165) is 51.4 Å². The van der Waals surface area contributed by atoms with Crippen molar-refractivity contribution in [3.8, 4) is 0 Å². The van der Waals surface area contributed by atoms with Crippen molar-refractivity contribution in [2.24, 2.45) is 5.92 Å². The largest absolute Gasteiger partial charge is 0.396 e. The minimum atomic E-state index is -1.02. The first-order valence-corrected chi connectivity index (χ1v) is 26.6. The second-order valence-electron chi connectivity index (χ2n) is 19.3. The Morgan fingerprint density at radius 3 is 1.49 bits per heavy atom. The van der Waals surface area contributed by atoms with Gasteiger partial charge >= 0.3 is 0 Å². The van der Waals surface area contributed by atoms with Crippen LogP contribution in [0.2, 0.25) is 0 Å². The maximum Gasteiger partial charge on any atom is 0.219 e. The van der Waals surface area contributed by atoms with Gasteiger partial charge in [0.1, 0.15) is 61.0 Å². The summed E-state index contributed by atoms with van der Waals surface area (Å²) < 4.78 is 89.3. The van der Waals surface area contributed by atoms with Gasteiger partial charge in [0.2, 0.25) is 11.8 Å². The van der Waals surface area contributed by atoms with Crippen LogP contribution in [0.25, 0.3) is 0 Å². The van der Waals surface area contributed by atoms with Crippen LogP contribution in [-0.2, 0) is 80.6 Å². The highest BCUT2D eigenvalue weighted by molar-refractivity contribution is 5.73. The molecule has 2 rings (SSSR count). The number of unbranched alkanes of at least 4 members (excludes halogenated alkanes) is 7. The zero-order valence-electron chi connectivity index (χ0n) is 47.6. The molecule has 444 valence electrons. The molecule has 23 nitrogen and oxygen atoms in total. The molecular formula is C52H100N2O21. The van der Waals surface area contributed by atoms with Gasteiger partial charge in [-0.3, -0.25) is 9.59 Å². The second-order valence-corrected chi connectivity index (χ2v) is 19.3. The molecule has 0 aromatic carbocycles. The number of ether oxygens (including phenoxy) is 15. The van der Waals surface area contributed by atoms with Crippen molar-refractivity contribution in [2.45, 2.75) is 183 Å². The lowest BCUT2D eigenvalue weighted by molar-refractivity contribution is -0.335. The standard InChI is InChI=1S/C52H100N2O21/c1-34(58)53(29-40(65-7)47(68-10)45(36(31-57)32-61-3)74-43-28-39(64-6)44(60)42(72-43)33-62-4)24-20-18-16-14-15-17-19-21-25-54(35(2)59)30-41(66-8)48(69-11)49(37(63-5)22-26-55)75-52-51(71-13)50(70-12)46(67-9)38(73-52)23-27-56/h36-52,55-57,60H,14-33H2,1-13H3/t36-,37?,38?,39?,40?,41-,42?,43+,44-,45+,46-,47?,48+,49-,50-,51?,52-/m1/s1. The molecule has 2 aliphatic rings.